The van der Waals surface area contributed by atoms with Crippen molar-refractivity contribution >= 4 is 46.1 Å². The maximum absolute atomic E-state index is 11.8. The Balaban J connectivity index is 1.76. The summed E-state index contributed by atoms with van der Waals surface area (Å²) in [5.74, 6) is -0.0426. The molecule has 3 rings (SSSR count). The molecule has 2 aromatic heterocycles. The average Bonchev–Trinajstić information content (AvgIpc) is 3.17. The van der Waals surface area contributed by atoms with Gasteiger partial charge in [0.05, 0.1) is 10.4 Å². The third-order valence-corrected chi connectivity index (χ3v) is 4.74. The number of hydrogen-bond donors (Lipinski definition) is 0. The SMILES string of the molecule is O=C(/C=C/c1cnc(-c2ccc(Cl)cc2)s1)c1cncs1. The van der Waals surface area contributed by atoms with Crippen molar-refractivity contribution in [2.24, 2.45) is 0 Å². The quantitative estimate of drug-likeness (QED) is 0.508. The lowest BCUT2D eigenvalue weighted by Crippen LogP contribution is -1.88. The van der Waals surface area contributed by atoms with Crippen molar-refractivity contribution in [2.45, 2.75) is 0 Å². The number of carbonyl (C=O) groups is 1. The van der Waals surface area contributed by atoms with Crippen molar-refractivity contribution in [3.05, 3.63) is 63.0 Å². The van der Waals surface area contributed by atoms with Gasteiger partial charge in [-0.3, -0.25) is 9.78 Å². The summed E-state index contributed by atoms with van der Waals surface area (Å²) in [6.45, 7) is 0. The molecule has 0 saturated heterocycles. The van der Waals surface area contributed by atoms with Crippen LogP contribution in [0.25, 0.3) is 16.6 Å². The second-order valence-electron chi connectivity index (χ2n) is 4.14. The molecule has 3 aromatic rings. The molecule has 0 atom stereocenters. The fourth-order valence-electron chi connectivity index (χ4n) is 1.67. The Labute approximate surface area is 134 Å². The molecular formula is C15H9ClN2OS2. The number of nitrogens with zero attached hydrogens (tertiary/aromatic N) is 2. The Kier molecular flexibility index (Phi) is 4.24. The number of allylic oxidation sites excluding steroid dienone is 1. The van der Waals surface area contributed by atoms with Gasteiger partial charge in [-0.15, -0.1) is 22.7 Å². The Morgan fingerprint density at radius 1 is 1.19 bits per heavy atom. The van der Waals surface area contributed by atoms with Gasteiger partial charge in [0.15, 0.2) is 5.78 Å². The summed E-state index contributed by atoms with van der Waals surface area (Å²) >= 11 is 8.73. The van der Waals surface area contributed by atoms with E-state index in [2.05, 4.69) is 9.97 Å². The van der Waals surface area contributed by atoms with Crippen LogP contribution in [-0.2, 0) is 0 Å². The maximum atomic E-state index is 11.8. The number of halogens is 1. The van der Waals surface area contributed by atoms with Gasteiger partial charge in [-0.1, -0.05) is 23.7 Å². The highest BCUT2D eigenvalue weighted by Crippen LogP contribution is 2.27. The van der Waals surface area contributed by atoms with Crippen molar-refractivity contribution in [1.29, 1.82) is 0 Å². The molecular weight excluding hydrogens is 324 g/mol. The van der Waals surface area contributed by atoms with Gasteiger partial charge < -0.3 is 0 Å². The molecule has 3 nitrogen and oxygen atoms in total. The first-order chi connectivity index (χ1) is 10.2. The summed E-state index contributed by atoms with van der Waals surface area (Å²) in [6.07, 6.45) is 6.65. The normalized spacial score (nSPS) is 11.1. The van der Waals surface area contributed by atoms with Gasteiger partial charge in [0, 0.05) is 27.9 Å². The van der Waals surface area contributed by atoms with E-state index in [1.54, 1.807) is 30.1 Å². The highest BCUT2D eigenvalue weighted by molar-refractivity contribution is 7.15. The van der Waals surface area contributed by atoms with Crippen LogP contribution >= 0.6 is 34.3 Å². The highest BCUT2D eigenvalue weighted by atomic mass is 35.5. The molecule has 0 saturated carbocycles. The Hall–Kier alpha value is -1.82. The number of ketones is 1. The van der Waals surface area contributed by atoms with E-state index >= 15 is 0 Å². The van der Waals surface area contributed by atoms with Crippen molar-refractivity contribution in [2.75, 3.05) is 0 Å². The number of aromatic nitrogens is 2. The van der Waals surface area contributed by atoms with Crippen LogP contribution in [0, 0.1) is 0 Å². The molecule has 6 heteroatoms. The summed E-state index contributed by atoms with van der Waals surface area (Å²) in [4.78, 5) is 21.7. The largest absolute Gasteiger partial charge is 0.288 e. The molecule has 21 heavy (non-hydrogen) atoms. The minimum Gasteiger partial charge on any atom is -0.288 e. The second kappa shape index (κ2) is 6.30. The van der Waals surface area contributed by atoms with Crippen LogP contribution in [0.4, 0.5) is 0 Å². The number of thiazole rings is 2. The second-order valence-corrected chi connectivity index (χ2v) is 6.52. The summed E-state index contributed by atoms with van der Waals surface area (Å²) in [5, 5.41) is 1.60. The molecule has 0 radical (unpaired) electrons. The van der Waals surface area contributed by atoms with E-state index < -0.39 is 0 Å². The molecule has 0 bridgehead atoms. The zero-order valence-corrected chi connectivity index (χ0v) is 13.1. The van der Waals surface area contributed by atoms with E-state index in [1.165, 1.54) is 22.7 Å². The predicted octanol–water partition coefficient (Wildman–Crippen LogP) is 4.82. The molecule has 0 unspecified atom stereocenters. The standard InChI is InChI=1S/C15H9ClN2OS2/c16-11-3-1-10(2-4-11)15-18-7-12(21-15)5-6-13(19)14-8-17-9-20-14/h1-9H/b6-5+. The van der Waals surface area contributed by atoms with Gasteiger partial charge in [-0.25, -0.2) is 4.98 Å². The smallest absolute Gasteiger partial charge is 0.197 e. The van der Waals surface area contributed by atoms with Gasteiger partial charge in [0.1, 0.15) is 5.01 Å². The van der Waals surface area contributed by atoms with E-state index in [0.717, 1.165) is 15.4 Å². The van der Waals surface area contributed by atoms with E-state index in [1.807, 2.05) is 24.3 Å². The van der Waals surface area contributed by atoms with Gasteiger partial charge in [-0.05, 0) is 24.3 Å². The molecule has 0 spiro atoms. The van der Waals surface area contributed by atoms with Crippen molar-refractivity contribution in [3.63, 3.8) is 0 Å². The Bertz CT molecular complexity index is 776. The van der Waals surface area contributed by atoms with E-state index in [9.17, 15) is 4.79 Å². The fourth-order valence-corrected chi connectivity index (χ4v) is 3.16. The molecule has 1 aromatic carbocycles. The van der Waals surface area contributed by atoms with Crippen LogP contribution in [0.1, 0.15) is 14.5 Å². The number of benzene rings is 1. The third kappa shape index (κ3) is 3.44. The molecule has 0 aliphatic heterocycles. The fraction of sp³-hybridized carbons (Fsp3) is 0. The summed E-state index contributed by atoms with van der Waals surface area (Å²) in [7, 11) is 0. The lowest BCUT2D eigenvalue weighted by atomic mass is 10.2. The minimum absolute atomic E-state index is 0.0426. The van der Waals surface area contributed by atoms with E-state index in [4.69, 9.17) is 11.6 Å². The lowest BCUT2D eigenvalue weighted by molar-refractivity contribution is 0.105. The van der Waals surface area contributed by atoms with Crippen LogP contribution in [0.2, 0.25) is 5.02 Å². The topological polar surface area (TPSA) is 42.9 Å². The molecule has 0 aliphatic rings. The van der Waals surface area contributed by atoms with Crippen LogP contribution in [0.15, 0.2) is 48.2 Å². The molecule has 2 heterocycles. The average molecular weight is 333 g/mol. The van der Waals surface area contributed by atoms with Crippen molar-refractivity contribution in [1.82, 2.24) is 9.97 Å². The minimum atomic E-state index is -0.0426. The van der Waals surface area contributed by atoms with Crippen LogP contribution in [0.5, 0.6) is 0 Å². The summed E-state index contributed by atoms with van der Waals surface area (Å²) in [5.41, 5.74) is 2.66. The lowest BCUT2D eigenvalue weighted by Gasteiger charge is -1.94. The zero-order valence-electron chi connectivity index (χ0n) is 10.7. The van der Waals surface area contributed by atoms with E-state index in [-0.39, 0.29) is 5.78 Å². The number of hydrogen-bond acceptors (Lipinski definition) is 5. The first-order valence-electron chi connectivity index (χ1n) is 6.05. The molecule has 104 valence electrons. The van der Waals surface area contributed by atoms with Gasteiger partial charge >= 0.3 is 0 Å². The first-order valence-corrected chi connectivity index (χ1v) is 8.12. The van der Waals surface area contributed by atoms with Crippen molar-refractivity contribution < 1.29 is 4.79 Å². The Morgan fingerprint density at radius 3 is 2.71 bits per heavy atom. The van der Waals surface area contributed by atoms with Gasteiger partial charge in [0.25, 0.3) is 0 Å². The number of rotatable bonds is 4. The summed E-state index contributed by atoms with van der Waals surface area (Å²) < 4.78 is 0. The van der Waals surface area contributed by atoms with Crippen LogP contribution in [-0.4, -0.2) is 15.8 Å². The monoisotopic (exact) mass is 332 g/mol. The van der Waals surface area contributed by atoms with Gasteiger partial charge in [0.2, 0.25) is 0 Å². The molecule has 0 fully saturated rings. The predicted molar refractivity (Wildman–Crippen MR) is 88.0 cm³/mol. The van der Waals surface area contributed by atoms with Crippen LogP contribution < -0.4 is 0 Å². The maximum Gasteiger partial charge on any atom is 0.197 e. The van der Waals surface area contributed by atoms with Crippen molar-refractivity contribution in [3.8, 4) is 10.6 Å². The molecule has 0 amide bonds. The van der Waals surface area contributed by atoms with E-state index in [0.29, 0.717) is 9.90 Å². The molecule has 0 N–H and O–H groups in total. The van der Waals surface area contributed by atoms with Gasteiger partial charge in [-0.2, -0.15) is 0 Å². The van der Waals surface area contributed by atoms with Crippen LogP contribution in [0.3, 0.4) is 0 Å². The highest BCUT2D eigenvalue weighted by Gasteiger charge is 2.05. The third-order valence-electron chi connectivity index (χ3n) is 2.69. The zero-order chi connectivity index (χ0) is 14.7. The first kappa shape index (κ1) is 14.1. The Morgan fingerprint density at radius 2 is 2.00 bits per heavy atom. The molecule has 0 aliphatic carbocycles. The summed E-state index contributed by atoms with van der Waals surface area (Å²) in [6, 6.07) is 7.52. The number of carbonyl (C=O) groups excluding carboxylic acids is 1.